The second-order valence-electron chi connectivity index (χ2n) is 8.19. The van der Waals surface area contributed by atoms with E-state index in [0.29, 0.717) is 18.1 Å². The summed E-state index contributed by atoms with van der Waals surface area (Å²) in [4.78, 5) is 24.3. The summed E-state index contributed by atoms with van der Waals surface area (Å²) in [7, 11) is 2.92. The van der Waals surface area contributed by atoms with Crippen LogP contribution in [0.2, 0.25) is 0 Å². The minimum absolute atomic E-state index is 0.164. The molecule has 1 aromatic rings. The molecular weight excluding hydrogens is 442 g/mol. The molecule has 0 fully saturated rings. The molecule has 9 nitrogen and oxygen atoms in total. The van der Waals surface area contributed by atoms with E-state index >= 15 is 0 Å². The molecule has 34 heavy (non-hydrogen) atoms. The Bertz CT molecular complexity index is 867. The standard InChI is InChI=1S/C22H31NO6.C3H6O2/c1-5-8-23-9-7-15-10-19-20(28-13-27-19)11-16(15)17(12-23)21(18(6-2)26-4)29-22(25)14(3)24;1-3(4)5-2/h6,10-11,14,17,21,24H,5,7-9,12-13H2,1-4H3;1-2H3/b18-6+;/t14?,17?,21-;/m0./s1. The van der Waals surface area contributed by atoms with E-state index in [1.165, 1.54) is 21.0 Å². The van der Waals surface area contributed by atoms with E-state index in [1.807, 2.05) is 25.1 Å². The van der Waals surface area contributed by atoms with Gasteiger partial charge in [-0.1, -0.05) is 6.92 Å². The Morgan fingerprint density at radius 1 is 1.24 bits per heavy atom. The summed E-state index contributed by atoms with van der Waals surface area (Å²) >= 11 is 0. The predicted octanol–water partition coefficient (Wildman–Crippen LogP) is 2.79. The Hall–Kier alpha value is -2.78. The highest BCUT2D eigenvalue weighted by Crippen LogP contribution is 2.41. The lowest BCUT2D eigenvalue weighted by atomic mass is 9.87. The summed E-state index contributed by atoms with van der Waals surface area (Å²) in [6, 6.07) is 4.04. The summed E-state index contributed by atoms with van der Waals surface area (Å²) in [6.07, 6.45) is 1.86. The van der Waals surface area contributed by atoms with Gasteiger partial charge in [-0.05, 0) is 62.6 Å². The van der Waals surface area contributed by atoms with Crippen molar-refractivity contribution in [1.29, 1.82) is 0 Å². The maximum Gasteiger partial charge on any atom is 0.335 e. The number of benzene rings is 1. The molecule has 1 aromatic carbocycles. The zero-order valence-corrected chi connectivity index (χ0v) is 21.0. The molecule has 2 aliphatic rings. The van der Waals surface area contributed by atoms with Crippen molar-refractivity contribution >= 4 is 11.9 Å². The molecule has 1 N–H and O–H groups in total. The summed E-state index contributed by atoms with van der Waals surface area (Å²) in [5.74, 6) is 0.943. The van der Waals surface area contributed by atoms with Crippen LogP contribution in [-0.4, -0.2) is 74.8 Å². The first-order chi connectivity index (χ1) is 16.2. The third kappa shape index (κ3) is 7.11. The van der Waals surface area contributed by atoms with Crippen LogP contribution in [0.4, 0.5) is 0 Å². The molecule has 2 unspecified atom stereocenters. The number of nitrogens with zero attached hydrogens (tertiary/aromatic N) is 1. The molecule has 2 aliphatic heterocycles. The van der Waals surface area contributed by atoms with Gasteiger partial charge in [0.1, 0.15) is 11.9 Å². The molecule has 0 spiro atoms. The van der Waals surface area contributed by atoms with Gasteiger partial charge in [0, 0.05) is 25.9 Å². The fraction of sp³-hybridized carbons (Fsp3) is 0.600. The van der Waals surface area contributed by atoms with Crippen LogP contribution in [0.5, 0.6) is 11.5 Å². The molecule has 0 saturated carbocycles. The van der Waals surface area contributed by atoms with E-state index in [4.69, 9.17) is 18.9 Å². The van der Waals surface area contributed by atoms with Crippen LogP contribution in [0.15, 0.2) is 24.0 Å². The van der Waals surface area contributed by atoms with Crippen molar-refractivity contribution in [3.63, 3.8) is 0 Å². The molecule has 0 bridgehead atoms. The van der Waals surface area contributed by atoms with Crippen LogP contribution in [0.3, 0.4) is 0 Å². The highest BCUT2D eigenvalue weighted by atomic mass is 16.7. The minimum Gasteiger partial charge on any atom is -0.497 e. The second-order valence-corrected chi connectivity index (χ2v) is 8.19. The number of fused-ring (bicyclic) bond motifs is 2. The van der Waals surface area contributed by atoms with Gasteiger partial charge in [0.25, 0.3) is 0 Å². The smallest absolute Gasteiger partial charge is 0.335 e. The first kappa shape index (κ1) is 27.5. The number of carbonyl (C=O) groups is 2. The molecular formula is C25H37NO8. The van der Waals surface area contributed by atoms with E-state index in [2.05, 4.69) is 16.6 Å². The Morgan fingerprint density at radius 2 is 1.88 bits per heavy atom. The normalized spacial score (nSPS) is 19.0. The number of aliphatic hydroxyl groups is 1. The van der Waals surface area contributed by atoms with Crippen molar-refractivity contribution < 1.29 is 38.4 Å². The number of carbonyl (C=O) groups excluding carboxylic acids is 2. The maximum absolute atomic E-state index is 12.3. The van der Waals surface area contributed by atoms with Crippen LogP contribution in [0.1, 0.15) is 51.2 Å². The quantitative estimate of drug-likeness (QED) is 0.467. The first-order valence-electron chi connectivity index (χ1n) is 11.5. The Morgan fingerprint density at radius 3 is 2.41 bits per heavy atom. The lowest BCUT2D eigenvalue weighted by Gasteiger charge is -2.32. The van der Waals surface area contributed by atoms with Crippen LogP contribution >= 0.6 is 0 Å². The fourth-order valence-corrected chi connectivity index (χ4v) is 4.05. The summed E-state index contributed by atoms with van der Waals surface area (Å²) < 4.78 is 26.6. The zero-order chi connectivity index (χ0) is 25.3. The second kappa shape index (κ2) is 13.2. The molecule has 190 valence electrons. The predicted molar refractivity (Wildman–Crippen MR) is 126 cm³/mol. The Balaban J connectivity index is 0.000000739. The van der Waals surface area contributed by atoms with Crippen molar-refractivity contribution in [2.75, 3.05) is 40.6 Å². The first-order valence-corrected chi connectivity index (χ1v) is 11.5. The van der Waals surface area contributed by atoms with Crippen LogP contribution in [-0.2, 0) is 30.2 Å². The molecule has 9 heteroatoms. The van der Waals surface area contributed by atoms with Gasteiger partial charge in [-0.25, -0.2) is 4.79 Å². The number of ether oxygens (including phenoxy) is 5. The maximum atomic E-state index is 12.3. The Kier molecular flexibility index (Phi) is 10.7. The molecule has 2 heterocycles. The number of rotatable bonds is 7. The van der Waals surface area contributed by atoms with Gasteiger partial charge in [0.05, 0.1) is 14.2 Å². The minimum atomic E-state index is -1.21. The summed E-state index contributed by atoms with van der Waals surface area (Å²) in [5.41, 5.74) is 2.22. The van der Waals surface area contributed by atoms with Crippen LogP contribution in [0, 0.1) is 0 Å². The zero-order valence-electron chi connectivity index (χ0n) is 21.0. The van der Waals surface area contributed by atoms with Crippen LogP contribution in [0.25, 0.3) is 0 Å². The van der Waals surface area contributed by atoms with Gasteiger partial charge in [-0.3, -0.25) is 4.79 Å². The molecule has 0 amide bonds. The summed E-state index contributed by atoms with van der Waals surface area (Å²) in [6.45, 7) is 9.55. The van der Waals surface area contributed by atoms with Gasteiger partial charge in [-0.15, -0.1) is 0 Å². The van der Waals surface area contributed by atoms with Gasteiger partial charge in [0.2, 0.25) is 6.79 Å². The van der Waals surface area contributed by atoms with Gasteiger partial charge < -0.3 is 33.7 Å². The lowest BCUT2D eigenvalue weighted by molar-refractivity contribution is -0.159. The third-order valence-corrected chi connectivity index (χ3v) is 5.76. The van der Waals surface area contributed by atoms with Crippen molar-refractivity contribution in [3.8, 4) is 11.5 Å². The number of esters is 2. The number of hydrogen-bond donors (Lipinski definition) is 1. The summed E-state index contributed by atoms with van der Waals surface area (Å²) in [5, 5.41) is 9.73. The van der Waals surface area contributed by atoms with Crippen molar-refractivity contribution in [2.45, 2.75) is 58.7 Å². The third-order valence-electron chi connectivity index (χ3n) is 5.76. The molecule has 0 aliphatic carbocycles. The fourth-order valence-electron chi connectivity index (χ4n) is 4.05. The Labute approximate surface area is 201 Å². The van der Waals surface area contributed by atoms with E-state index in [1.54, 1.807) is 7.11 Å². The number of allylic oxidation sites excluding steroid dienone is 1. The average molecular weight is 480 g/mol. The molecule has 0 aromatic heterocycles. The average Bonchev–Trinajstić information content (AvgIpc) is 3.20. The van der Waals surface area contributed by atoms with Crippen molar-refractivity contribution in [2.24, 2.45) is 0 Å². The lowest BCUT2D eigenvalue weighted by Crippen LogP contribution is -2.38. The van der Waals surface area contributed by atoms with Gasteiger partial charge in [0.15, 0.2) is 17.6 Å². The molecule has 3 atom stereocenters. The van der Waals surface area contributed by atoms with Crippen molar-refractivity contribution in [1.82, 2.24) is 4.90 Å². The number of hydrogen-bond acceptors (Lipinski definition) is 9. The van der Waals surface area contributed by atoms with Gasteiger partial charge >= 0.3 is 11.9 Å². The topological polar surface area (TPSA) is 104 Å². The van der Waals surface area contributed by atoms with E-state index in [0.717, 1.165) is 42.8 Å². The van der Waals surface area contributed by atoms with Crippen LogP contribution < -0.4 is 9.47 Å². The largest absolute Gasteiger partial charge is 0.497 e. The number of aliphatic hydroxyl groups excluding tert-OH is 1. The monoisotopic (exact) mass is 479 g/mol. The van der Waals surface area contributed by atoms with E-state index in [9.17, 15) is 14.7 Å². The highest BCUT2D eigenvalue weighted by Gasteiger charge is 2.37. The van der Waals surface area contributed by atoms with Gasteiger partial charge in [-0.2, -0.15) is 0 Å². The molecule has 0 saturated heterocycles. The van der Waals surface area contributed by atoms with E-state index in [-0.39, 0.29) is 18.7 Å². The number of methoxy groups -OCH3 is 2. The highest BCUT2D eigenvalue weighted by molar-refractivity contribution is 5.74. The molecule has 3 rings (SSSR count). The van der Waals surface area contributed by atoms with Crippen molar-refractivity contribution in [3.05, 3.63) is 35.1 Å². The van der Waals surface area contributed by atoms with E-state index < -0.39 is 18.2 Å². The molecule has 0 radical (unpaired) electrons. The SMILES string of the molecule is C/C=C(/OC)[C@@H](OC(=O)C(C)O)C1CN(CCC)CCc2cc3c(cc21)OCO3.COC(C)=O.